The van der Waals surface area contributed by atoms with Crippen molar-refractivity contribution in [2.45, 2.75) is 70.6 Å². The second-order valence-electron chi connectivity index (χ2n) is 10.8. The van der Waals surface area contributed by atoms with Crippen molar-refractivity contribution in [3.8, 4) is 22.9 Å². The van der Waals surface area contributed by atoms with Crippen LogP contribution in [0.3, 0.4) is 0 Å². The molecule has 1 N–H and O–H groups in total. The lowest BCUT2D eigenvalue weighted by atomic mass is 9.79. The minimum Gasteiger partial charge on any atom is -0.330 e. The van der Waals surface area contributed by atoms with Crippen LogP contribution in [0.25, 0.3) is 34.1 Å². The summed E-state index contributed by atoms with van der Waals surface area (Å²) in [4.78, 5) is 33.6. The molecule has 1 aliphatic heterocycles. The first-order valence-electron chi connectivity index (χ1n) is 13.4. The van der Waals surface area contributed by atoms with Crippen LogP contribution < -0.4 is 10.7 Å². The highest BCUT2D eigenvalue weighted by Gasteiger charge is 2.48. The van der Waals surface area contributed by atoms with Crippen molar-refractivity contribution in [2.24, 2.45) is 11.8 Å². The van der Waals surface area contributed by atoms with Crippen molar-refractivity contribution < 1.29 is 17.7 Å². The lowest BCUT2D eigenvalue weighted by molar-refractivity contribution is -0.146. The minimum absolute atomic E-state index is 0.00972. The van der Waals surface area contributed by atoms with Crippen molar-refractivity contribution in [3.63, 3.8) is 0 Å². The molecular formula is C26H28ClF3N8O2. The van der Waals surface area contributed by atoms with Gasteiger partial charge in [-0.1, -0.05) is 36.5 Å². The lowest BCUT2D eigenvalue weighted by Crippen LogP contribution is -2.43. The highest BCUT2D eigenvalue weighted by Crippen LogP contribution is 2.44. The van der Waals surface area contributed by atoms with Gasteiger partial charge < -0.3 is 9.47 Å². The first kappa shape index (κ1) is 26.7. The molecule has 40 heavy (non-hydrogen) atoms. The molecule has 0 amide bonds. The number of rotatable bonds is 5. The molecule has 0 bridgehead atoms. The average molecular weight is 577 g/mol. The molecule has 1 saturated heterocycles. The second kappa shape index (κ2) is 10.2. The van der Waals surface area contributed by atoms with Crippen molar-refractivity contribution in [2.75, 3.05) is 11.4 Å². The van der Waals surface area contributed by atoms with E-state index in [1.165, 1.54) is 11.1 Å². The summed E-state index contributed by atoms with van der Waals surface area (Å²) in [6, 6.07) is -0.171. The van der Waals surface area contributed by atoms with Crippen molar-refractivity contribution in [1.29, 1.82) is 0 Å². The fourth-order valence-corrected chi connectivity index (χ4v) is 6.25. The second-order valence-corrected chi connectivity index (χ2v) is 11.3. The summed E-state index contributed by atoms with van der Waals surface area (Å²) in [5.41, 5.74) is 1.56. The van der Waals surface area contributed by atoms with E-state index in [1.54, 1.807) is 12.3 Å². The maximum absolute atomic E-state index is 14.2. The van der Waals surface area contributed by atoms with E-state index in [2.05, 4.69) is 31.6 Å². The number of nitrogens with zero attached hydrogens (tertiary/aromatic N) is 7. The third-order valence-corrected chi connectivity index (χ3v) is 8.40. The fourth-order valence-electron chi connectivity index (χ4n) is 6.08. The van der Waals surface area contributed by atoms with Gasteiger partial charge in [-0.15, -0.1) is 0 Å². The number of alkyl halides is 3. The average Bonchev–Trinajstić information content (AvgIpc) is 3.66. The molecule has 1 unspecified atom stereocenters. The largest absolute Gasteiger partial charge is 0.439 e. The Balaban J connectivity index is 1.62. The summed E-state index contributed by atoms with van der Waals surface area (Å²) >= 11 is 6.29. The number of anilines is 1. The van der Waals surface area contributed by atoms with Crippen LogP contribution in [0.15, 0.2) is 27.8 Å². The molecule has 5 heterocycles. The first-order valence-corrected chi connectivity index (χ1v) is 13.8. The zero-order chi connectivity index (χ0) is 28.2. The highest BCUT2D eigenvalue weighted by molar-refractivity contribution is 6.30. The van der Waals surface area contributed by atoms with Crippen LogP contribution in [0.1, 0.15) is 58.4 Å². The van der Waals surface area contributed by atoms with Gasteiger partial charge in [0.1, 0.15) is 17.3 Å². The highest BCUT2D eigenvalue weighted by atomic mass is 35.5. The van der Waals surface area contributed by atoms with E-state index >= 15 is 0 Å². The SMILES string of the molecule is CC([C@H]1CC[C@H](C)CC1)n1c(N2CCC[C@H]2C(F)(F)F)nc2nc(-c3noc(=O)[nH]3)nc(-c3cncc(Cl)c3)c21. The van der Waals surface area contributed by atoms with Crippen LogP contribution in [0, 0.1) is 11.8 Å². The Kier molecular flexibility index (Phi) is 6.79. The molecule has 6 rings (SSSR count). The molecule has 4 aromatic heterocycles. The van der Waals surface area contributed by atoms with Crippen LogP contribution >= 0.6 is 11.6 Å². The first-order chi connectivity index (χ1) is 19.1. The van der Waals surface area contributed by atoms with E-state index in [0.717, 1.165) is 25.7 Å². The summed E-state index contributed by atoms with van der Waals surface area (Å²) in [6.45, 7) is 4.48. The number of H-pyrrole nitrogens is 1. The van der Waals surface area contributed by atoms with Gasteiger partial charge in [0.05, 0.1) is 5.02 Å². The zero-order valence-electron chi connectivity index (χ0n) is 22.0. The van der Waals surface area contributed by atoms with Gasteiger partial charge in [0.25, 0.3) is 0 Å². The number of pyridine rings is 1. The molecule has 0 spiro atoms. The van der Waals surface area contributed by atoms with Crippen LogP contribution in [0.2, 0.25) is 5.02 Å². The fraction of sp³-hybridized carbons (Fsp3) is 0.538. The Morgan fingerprint density at radius 2 is 1.90 bits per heavy atom. The number of aromatic nitrogens is 7. The summed E-state index contributed by atoms with van der Waals surface area (Å²) in [5.74, 6) is 0.245. The maximum Gasteiger partial charge on any atom is 0.439 e. The molecule has 10 nitrogen and oxygen atoms in total. The van der Waals surface area contributed by atoms with Gasteiger partial charge in [-0.05, 0) is 50.5 Å². The maximum atomic E-state index is 14.2. The van der Waals surface area contributed by atoms with Gasteiger partial charge >= 0.3 is 11.9 Å². The summed E-state index contributed by atoms with van der Waals surface area (Å²) < 4.78 is 49.1. The molecule has 4 aromatic rings. The number of hydrogen-bond acceptors (Lipinski definition) is 8. The smallest absolute Gasteiger partial charge is 0.330 e. The Morgan fingerprint density at radius 3 is 2.58 bits per heavy atom. The number of aromatic amines is 1. The summed E-state index contributed by atoms with van der Waals surface area (Å²) in [6.07, 6.45) is 3.03. The van der Waals surface area contributed by atoms with Gasteiger partial charge in [0.15, 0.2) is 5.65 Å². The van der Waals surface area contributed by atoms with Crippen molar-refractivity contribution in [3.05, 3.63) is 34.0 Å². The van der Waals surface area contributed by atoms with E-state index in [-0.39, 0.29) is 48.2 Å². The van der Waals surface area contributed by atoms with Crippen molar-refractivity contribution >= 4 is 28.7 Å². The molecule has 2 fully saturated rings. The van der Waals surface area contributed by atoms with Crippen LogP contribution in [-0.4, -0.2) is 53.4 Å². The van der Waals surface area contributed by atoms with Gasteiger partial charge in [-0.25, -0.2) is 14.8 Å². The van der Waals surface area contributed by atoms with E-state index in [9.17, 15) is 18.0 Å². The van der Waals surface area contributed by atoms with Crippen LogP contribution in [-0.2, 0) is 0 Å². The lowest BCUT2D eigenvalue weighted by Gasteiger charge is -2.35. The topological polar surface area (TPSA) is 119 Å². The molecule has 2 aliphatic rings. The Hall–Kier alpha value is -3.48. The summed E-state index contributed by atoms with van der Waals surface area (Å²) in [7, 11) is 0. The van der Waals surface area contributed by atoms with Gasteiger partial charge in [-0.3, -0.25) is 14.5 Å². The third kappa shape index (κ3) is 4.84. The Morgan fingerprint density at radius 1 is 1.12 bits per heavy atom. The minimum atomic E-state index is -4.42. The predicted octanol–water partition coefficient (Wildman–Crippen LogP) is 5.80. The quantitative estimate of drug-likeness (QED) is 0.316. The van der Waals surface area contributed by atoms with Gasteiger partial charge in [0.2, 0.25) is 17.6 Å². The molecule has 0 aromatic carbocycles. The molecule has 14 heteroatoms. The molecular weight excluding hydrogens is 549 g/mol. The molecule has 2 atom stereocenters. The van der Waals surface area contributed by atoms with E-state index in [4.69, 9.17) is 21.6 Å². The molecule has 212 valence electrons. The number of imidazole rings is 1. The molecule has 0 radical (unpaired) electrons. The van der Waals surface area contributed by atoms with Crippen LogP contribution in [0.4, 0.5) is 19.1 Å². The van der Waals surface area contributed by atoms with Crippen molar-refractivity contribution in [1.82, 2.24) is 34.6 Å². The predicted molar refractivity (Wildman–Crippen MR) is 142 cm³/mol. The monoisotopic (exact) mass is 576 g/mol. The molecule has 1 aliphatic carbocycles. The van der Waals surface area contributed by atoms with Crippen LogP contribution in [0.5, 0.6) is 0 Å². The number of fused-ring (bicyclic) bond motifs is 1. The van der Waals surface area contributed by atoms with Gasteiger partial charge in [-0.2, -0.15) is 18.2 Å². The van der Waals surface area contributed by atoms with E-state index in [1.807, 2.05) is 11.5 Å². The Bertz CT molecular complexity index is 1590. The normalized spacial score (nSPS) is 22.8. The number of nitrogens with one attached hydrogen (secondary N) is 1. The Labute approximate surface area is 232 Å². The number of halogens is 4. The van der Waals surface area contributed by atoms with Gasteiger partial charge in [0, 0.05) is 30.5 Å². The van der Waals surface area contributed by atoms with E-state index in [0.29, 0.717) is 34.1 Å². The summed E-state index contributed by atoms with van der Waals surface area (Å²) in [5, 5.41) is 4.07. The zero-order valence-corrected chi connectivity index (χ0v) is 22.7. The standard InChI is InChI=1S/C26H28ClF3N8O2/c1-13-5-7-15(8-6-13)14(2)38-20-19(16-10-17(27)12-31-11-16)32-22(23-35-25(39)40-36-23)33-21(20)34-24(38)37-9-3-4-18(37)26(28,29)30/h10-15,18H,3-9H2,1-2H3,(H,35,36,39)/t13-,14?,15-,18-/m0/s1. The molecule has 1 saturated carbocycles. The van der Waals surface area contributed by atoms with E-state index < -0.39 is 18.0 Å². The third-order valence-electron chi connectivity index (χ3n) is 8.20. The number of hydrogen-bond donors (Lipinski definition) is 1.